The fourth-order valence-electron chi connectivity index (χ4n) is 1.48. The molecule has 0 atom stereocenters. The molecule has 1 aromatic heterocycles. The van der Waals surface area contributed by atoms with Crippen LogP contribution in [-0.4, -0.2) is 8.42 Å². The molecule has 21 heavy (non-hydrogen) atoms. The first-order chi connectivity index (χ1) is 9.59. The molecule has 0 aliphatic heterocycles. The molecule has 0 aliphatic rings. The predicted octanol–water partition coefficient (Wildman–Crippen LogP) is 3.80. The Morgan fingerprint density at radius 3 is 2.43 bits per heavy atom. The smallest absolute Gasteiger partial charge is 0.398 e. The monoisotopic (exact) mass is 356 g/mol. The fraction of sp³-hybridized carbons (Fsp3) is 0.0909. The number of alkyl halides is 3. The molecule has 4 nitrogen and oxygen atoms in total. The van der Waals surface area contributed by atoms with Gasteiger partial charge in [-0.25, -0.2) is 8.42 Å². The molecule has 0 radical (unpaired) electrons. The van der Waals surface area contributed by atoms with Crippen molar-refractivity contribution in [2.24, 2.45) is 0 Å². The van der Waals surface area contributed by atoms with E-state index in [-0.39, 0.29) is 15.6 Å². The van der Waals surface area contributed by atoms with Crippen molar-refractivity contribution in [2.75, 3.05) is 10.5 Å². The molecule has 3 N–H and O–H groups in total. The van der Waals surface area contributed by atoms with Crippen LogP contribution >= 0.6 is 22.9 Å². The van der Waals surface area contributed by atoms with E-state index in [2.05, 4.69) is 4.72 Å². The number of thiophene rings is 1. The summed E-state index contributed by atoms with van der Waals surface area (Å²) >= 11 is 6.33. The Morgan fingerprint density at radius 1 is 1.24 bits per heavy atom. The molecular formula is C11H8ClF3N2O2S2. The van der Waals surface area contributed by atoms with Crippen LogP contribution < -0.4 is 10.5 Å². The van der Waals surface area contributed by atoms with Crippen molar-refractivity contribution in [3.63, 3.8) is 0 Å². The first kappa shape index (κ1) is 15.9. The first-order valence-electron chi connectivity index (χ1n) is 5.33. The van der Waals surface area contributed by atoms with E-state index in [9.17, 15) is 21.6 Å². The number of hydrogen-bond acceptors (Lipinski definition) is 4. The zero-order valence-electron chi connectivity index (χ0n) is 10.1. The van der Waals surface area contributed by atoms with Gasteiger partial charge in [0.15, 0.2) is 0 Å². The summed E-state index contributed by atoms with van der Waals surface area (Å²) < 4.78 is 64.1. The minimum atomic E-state index is -4.67. The van der Waals surface area contributed by atoms with Gasteiger partial charge in [0, 0.05) is 16.8 Å². The third kappa shape index (κ3) is 3.60. The van der Waals surface area contributed by atoms with E-state index in [4.69, 9.17) is 17.3 Å². The Bertz CT molecular complexity index is 772. The van der Waals surface area contributed by atoms with Crippen molar-refractivity contribution in [3.8, 4) is 0 Å². The lowest BCUT2D eigenvalue weighted by molar-refractivity contribution is -0.137. The Morgan fingerprint density at radius 2 is 1.90 bits per heavy atom. The van der Waals surface area contributed by atoms with E-state index in [0.717, 1.165) is 23.5 Å². The van der Waals surface area contributed by atoms with E-state index in [1.54, 1.807) is 0 Å². The molecule has 2 aromatic rings. The van der Waals surface area contributed by atoms with Crippen molar-refractivity contribution >= 4 is 44.3 Å². The molecule has 10 heteroatoms. The maximum atomic E-state index is 12.7. The predicted molar refractivity (Wildman–Crippen MR) is 76.0 cm³/mol. The second kappa shape index (κ2) is 5.39. The van der Waals surface area contributed by atoms with Crippen LogP contribution in [0.3, 0.4) is 0 Å². The maximum Gasteiger partial charge on any atom is 0.417 e. The number of benzene rings is 1. The van der Waals surface area contributed by atoms with Gasteiger partial charge in [-0.05, 0) is 24.3 Å². The van der Waals surface area contributed by atoms with E-state index >= 15 is 0 Å². The van der Waals surface area contributed by atoms with Crippen molar-refractivity contribution in [2.45, 2.75) is 10.4 Å². The quantitative estimate of drug-likeness (QED) is 0.878. The zero-order chi connectivity index (χ0) is 15.8. The summed E-state index contributed by atoms with van der Waals surface area (Å²) in [5.41, 5.74) is 4.33. The highest BCUT2D eigenvalue weighted by Gasteiger charge is 2.33. The highest BCUT2D eigenvalue weighted by Crippen LogP contribution is 2.36. The topological polar surface area (TPSA) is 72.2 Å². The normalized spacial score (nSPS) is 12.4. The molecular weight excluding hydrogens is 349 g/mol. The van der Waals surface area contributed by atoms with Gasteiger partial charge in [-0.1, -0.05) is 11.6 Å². The Balaban J connectivity index is 2.36. The molecule has 0 saturated carbocycles. The standard InChI is InChI=1S/C11H8ClF3N2O2S2/c12-9-2-1-7(4-8(9)11(13,14)15)17-21(18,19)10-3-6(16)5-20-10/h1-5,17H,16H2. The fourth-order valence-corrected chi connectivity index (χ4v) is 3.84. The molecule has 0 aliphatic carbocycles. The number of nitrogens with two attached hydrogens (primary N) is 1. The van der Waals surface area contributed by atoms with Gasteiger partial charge in [0.25, 0.3) is 10.0 Å². The van der Waals surface area contributed by atoms with Crippen molar-refractivity contribution < 1.29 is 21.6 Å². The van der Waals surface area contributed by atoms with Gasteiger partial charge in [0.1, 0.15) is 4.21 Å². The largest absolute Gasteiger partial charge is 0.417 e. The average molecular weight is 357 g/mol. The summed E-state index contributed by atoms with van der Waals surface area (Å²) in [4.78, 5) is 0. The second-order valence-corrected chi connectivity index (χ2v) is 7.22. The van der Waals surface area contributed by atoms with Crippen LogP contribution in [0.15, 0.2) is 33.9 Å². The SMILES string of the molecule is Nc1csc(S(=O)(=O)Nc2ccc(Cl)c(C(F)(F)F)c2)c1. The lowest BCUT2D eigenvalue weighted by Crippen LogP contribution is -2.13. The third-order valence-corrected chi connectivity index (χ3v) is 5.55. The van der Waals surface area contributed by atoms with Crippen molar-refractivity contribution in [1.29, 1.82) is 0 Å². The number of sulfonamides is 1. The lowest BCUT2D eigenvalue weighted by Gasteiger charge is -2.12. The van der Waals surface area contributed by atoms with Crippen LogP contribution in [0.1, 0.15) is 5.56 Å². The molecule has 1 heterocycles. The van der Waals surface area contributed by atoms with Gasteiger partial charge in [-0.2, -0.15) is 13.2 Å². The molecule has 0 spiro atoms. The molecule has 0 saturated heterocycles. The minimum Gasteiger partial charge on any atom is -0.398 e. The van der Waals surface area contributed by atoms with Gasteiger partial charge in [-0.15, -0.1) is 11.3 Å². The van der Waals surface area contributed by atoms with Crippen LogP contribution in [0.4, 0.5) is 24.5 Å². The number of rotatable bonds is 3. The molecule has 0 unspecified atom stereocenters. The van der Waals surface area contributed by atoms with E-state index in [1.165, 1.54) is 11.4 Å². The minimum absolute atomic E-state index is 0.0940. The van der Waals surface area contributed by atoms with Crippen molar-refractivity contribution in [1.82, 2.24) is 0 Å². The van der Waals surface area contributed by atoms with Crippen LogP contribution in [0.2, 0.25) is 5.02 Å². The van der Waals surface area contributed by atoms with Crippen LogP contribution in [0.5, 0.6) is 0 Å². The van der Waals surface area contributed by atoms with E-state index in [1.807, 2.05) is 0 Å². The Hall–Kier alpha value is -1.45. The number of hydrogen-bond donors (Lipinski definition) is 2. The van der Waals surface area contributed by atoms with Crippen LogP contribution in [0, 0.1) is 0 Å². The van der Waals surface area contributed by atoms with Gasteiger partial charge in [0.05, 0.1) is 10.6 Å². The number of nitrogens with one attached hydrogen (secondary N) is 1. The Kier molecular flexibility index (Phi) is 4.09. The molecule has 114 valence electrons. The molecule has 0 amide bonds. The molecule has 1 aromatic carbocycles. The van der Waals surface area contributed by atoms with Gasteiger partial charge >= 0.3 is 6.18 Å². The molecule has 0 bridgehead atoms. The highest BCUT2D eigenvalue weighted by atomic mass is 35.5. The van der Waals surface area contributed by atoms with E-state index < -0.39 is 26.8 Å². The molecule has 0 fully saturated rings. The number of nitrogen functional groups attached to an aromatic ring is 1. The van der Waals surface area contributed by atoms with Gasteiger partial charge in [0.2, 0.25) is 0 Å². The van der Waals surface area contributed by atoms with Gasteiger partial charge < -0.3 is 5.73 Å². The lowest BCUT2D eigenvalue weighted by atomic mass is 10.2. The average Bonchev–Trinajstić information content (AvgIpc) is 2.77. The zero-order valence-corrected chi connectivity index (χ0v) is 12.5. The van der Waals surface area contributed by atoms with Crippen LogP contribution in [0.25, 0.3) is 0 Å². The summed E-state index contributed by atoms with van der Waals surface area (Å²) in [6, 6.07) is 3.97. The van der Waals surface area contributed by atoms with Crippen LogP contribution in [-0.2, 0) is 16.2 Å². The summed E-state index contributed by atoms with van der Waals surface area (Å²) in [5.74, 6) is 0. The first-order valence-corrected chi connectivity index (χ1v) is 8.07. The number of anilines is 2. The Labute approximate surface area is 127 Å². The van der Waals surface area contributed by atoms with E-state index in [0.29, 0.717) is 6.07 Å². The summed E-state index contributed by atoms with van der Waals surface area (Å²) in [5, 5.41) is 0.906. The summed E-state index contributed by atoms with van der Waals surface area (Å²) in [6.07, 6.45) is -4.67. The summed E-state index contributed by atoms with van der Waals surface area (Å²) in [7, 11) is -3.99. The summed E-state index contributed by atoms with van der Waals surface area (Å²) in [6.45, 7) is 0. The highest BCUT2D eigenvalue weighted by molar-refractivity contribution is 7.94. The molecule has 2 rings (SSSR count). The van der Waals surface area contributed by atoms with Crippen molar-refractivity contribution in [3.05, 3.63) is 40.2 Å². The third-order valence-electron chi connectivity index (χ3n) is 2.38. The second-order valence-electron chi connectivity index (χ2n) is 4.00. The van der Waals surface area contributed by atoms with Gasteiger partial charge in [-0.3, -0.25) is 4.72 Å². The maximum absolute atomic E-state index is 12.7. The number of halogens is 4.